The molecule has 0 unspecified atom stereocenters. The monoisotopic (exact) mass is 593 g/mol. The predicted molar refractivity (Wildman–Crippen MR) is 148 cm³/mol. The third kappa shape index (κ3) is 10.3. The van der Waals surface area contributed by atoms with E-state index in [1.165, 1.54) is 18.6 Å². The number of carbonyl (C=O) groups excluding carboxylic acids is 3. The van der Waals surface area contributed by atoms with Crippen LogP contribution in [0.5, 0.6) is 0 Å². The molecule has 12 nitrogen and oxygen atoms in total. The smallest absolute Gasteiger partial charge is 0.407 e. The second kappa shape index (κ2) is 15.8. The fraction of sp³-hybridized carbons (Fsp3) is 0.536. The lowest BCUT2D eigenvalue weighted by molar-refractivity contribution is -0.258. The Morgan fingerprint density at radius 1 is 1.05 bits per heavy atom. The molecular weight excluding hydrogens is 554 g/mol. The number of alkyl carbamates (subject to hydrolysis) is 1. The summed E-state index contributed by atoms with van der Waals surface area (Å²) in [6.45, 7) is 3.43. The summed E-state index contributed by atoms with van der Waals surface area (Å²) in [5, 5.41) is 5.38. The van der Waals surface area contributed by atoms with Gasteiger partial charge >= 0.3 is 6.09 Å². The standard InChI is InChI=1S/C28H39N3O9S/c1-19-22-17-24(29)26(41(35,36)37)16-20(22)15-25(32)23(19)18-27(33)30-9-11-38-13-14-39-12-10-31-28(34)40-21-7-5-3-2-4-6-8-21/h5,7,16-17,21H,2-4,6,8-15,18,29H2,1H3,(H,30,33)(H,31,34)(H,35,36,37)/b7-5+/t21-/m1/s1. The lowest BCUT2D eigenvalue weighted by Gasteiger charge is -2.22. The van der Waals surface area contributed by atoms with Crippen LogP contribution in [0.15, 0.2) is 34.8 Å². The van der Waals surface area contributed by atoms with Gasteiger partial charge in [0.1, 0.15) is 26.8 Å². The van der Waals surface area contributed by atoms with Crippen molar-refractivity contribution in [2.75, 3.05) is 39.5 Å². The minimum Gasteiger partial charge on any atom is -0.744 e. The molecule has 41 heavy (non-hydrogen) atoms. The van der Waals surface area contributed by atoms with Crippen LogP contribution in [0.25, 0.3) is 5.57 Å². The molecule has 1 aromatic carbocycles. The Bertz CT molecular complexity index is 1270. The number of amides is 2. The van der Waals surface area contributed by atoms with E-state index < -0.39 is 21.1 Å². The zero-order valence-corrected chi connectivity index (χ0v) is 24.2. The number of benzene rings is 1. The molecule has 1 atom stereocenters. The number of rotatable bonds is 13. The summed E-state index contributed by atoms with van der Waals surface area (Å²) in [4.78, 5) is 36.6. The third-order valence-electron chi connectivity index (χ3n) is 6.86. The number of allylic oxidation sites excluding steroid dienone is 2. The van der Waals surface area contributed by atoms with Crippen molar-refractivity contribution < 1.29 is 47.3 Å². The molecule has 2 aliphatic rings. The van der Waals surface area contributed by atoms with E-state index in [0.717, 1.165) is 25.7 Å². The van der Waals surface area contributed by atoms with Crippen LogP contribution < -0.4 is 16.4 Å². The van der Waals surface area contributed by atoms with Gasteiger partial charge in [-0.2, -0.15) is 0 Å². The highest BCUT2D eigenvalue weighted by Gasteiger charge is 2.27. The van der Waals surface area contributed by atoms with Crippen LogP contribution >= 0.6 is 0 Å². The highest BCUT2D eigenvalue weighted by Crippen LogP contribution is 2.34. The highest BCUT2D eigenvalue weighted by atomic mass is 32.2. The lowest BCUT2D eigenvalue weighted by Crippen LogP contribution is -2.42. The van der Waals surface area contributed by atoms with Gasteiger partial charge in [0.2, 0.25) is 5.91 Å². The molecule has 0 heterocycles. The molecule has 5 N–H and O–H groups in total. The highest BCUT2D eigenvalue weighted by molar-refractivity contribution is 7.85. The molecule has 13 heteroatoms. The van der Waals surface area contributed by atoms with Crippen LogP contribution in [0, 0.1) is 0 Å². The van der Waals surface area contributed by atoms with E-state index in [1.807, 2.05) is 6.08 Å². The summed E-state index contributed by atoms with van der Waals surface area (Å²) < 4.78 is 50.6. The summed E-state index contributed by atoms with van der Waals surface area (Å²) >= 11 is 0. The van der Waals surface area contributed by atoms with Crippen molar-refractivity contribution in [2.45, 2.75) is 62.9 Å². The predicted octanol–water partition coefficient (Wildman–Crippen LogP) is 1.52. The fourth-order valence-corrected chi connectivity index (χ4v) is 5.38. The van der Waals surface area contributed by atoms with Gasteiger partial charge in [0.05, 0.1) is 32.8 Å². The van der Waals surface area contributed by atoms with E-state index in [0.29, 0.717) is 48.6 Å². The minimum absolute atomic E-state index is 0.0501. The normalized spacial score (nSPS) is 18.2. The summed E-state index contributed by atoms with van der Waals surface area (Å²) in [6.07, 6.45) is 8.34. The molecule has 0 radical (unpaired) electrons. The van der Waals surface area contributed by atoms with Crippen molar-refractivity contribution >= 4 is 39.2 Å². The third-order valence-corrected chi connectivity index (χ3v) is 7.78. The van der Waals surface area contributed by atoms with Crippen molar-refractivity contribution in [2.24, 2.45) is 0 Å². The quantitative estimate of drug-likeness (QED) is 0.173. The van der Waals surface area contributed by atoms with Gasteiger partial charge in [-0.3, -0.25) is 9.59 Å². The van der Waals surface area contributed by atoms with Gasteiger partial charge in [-0.25, -0.2) is 13.2 Å². The van der Waals surface area contributed by atoms with E-state index in [4.69, 9.17) is 14.2 Å². The number of nitrogens with one attached hydrogen (secondary N) is 2. The van der Waals surface area contributed by atoms with Gasteiger partial charge in [-0.15, -0.1) is 0 Å². The fourth-order valence-electron chi connectivity index (χ4n) is 4.72. The topological polar surface area (TPSA) is 188 Å². The van der Waals surface area contributed by atoms with E-state index in [-0.39, 0.29) is 49.5 Å². The summed E-state index contributed by atoms with van der Waals surface area (Å²) in [5.74, 6) is -0.651. The summed E-state index contributed by atoms with van der Waals surface area (Å²) in [6, 6.07) is 2.66. The molecule has 2 amide bonds. The number of quaternary nitrogens is 1. The van der Waals surface area contributed by atoms with Gasteiger partial charge in [-0.05, 0) is 61.4 Å². The first kappa shape index (κ1) is 32.4. The average molecular weight is 594 g/mol. The molecule has 226 valence electrons. The van der Waals surface area contributed by atoms with Gasteiger partial charge in [0, 0.05) is 31.1 Å². The van der Waals surface area contributed by atoms with Crippen molar-refractivity contribution in [3.05, 3.63) is 41.0 Å². The largest absolute Gasteiger partial charge is 0.744 e. The molecule has 0 aromatic heterocycles. The van der Waals surface area contributed by atoms with Crippen LogP contribution in [-0.4, -0.2) is 76.4 Å². The van der Waals surface area contributed by atoms with Crippen LogP contribution in [0.4, 0.5) is 10.5 Å². The number of ketones is 1. The average Bonchev–Trinajstić information content (AvgIpc) is 2.88. The Morgan fingerprint density at radius 2 is 1.76 bits per heavy atom. The maximum absolute atomic E-state index is 12.7. The van der Waals surface area contributed by atoms with Crippen LogP contribution in [0.2, 0.25) is 0 Å². The Balaban J connectivity index is 1.29. The summed E-state index contributed by atoms with van der Waals surface area (Å²) in [7, 11) is -4.71. The maximum atomic E-state index is 12.7. The zero-order chi connectivity index (χ0) is 29.8. The molecule has 3 rings (SSSR count). The van der Waals surface area contributed by atoms with Crippen LogP contribution in [-0.2, 0) is 40.3 Å². The molecular formula is C28H39N3O9S. The number of carbonyl (C=O) groups is 3. The number of hydrogen-bond acceptors (Lipinski definition) is 9. The Labute approximate surface area is 240 Å². The van der Waals surface area contributed by atoms with E-state index >= 15 is 0 Å². The van der Waals surface area contributed by atoms with Gasteiger partial charge in [0.15, 0.2) is 5.78 Å². The molecule has 0 bridgehead atoms. The van der Waals surface area contributed by atoms with Crippen LogP contribution in [0.1, 0.15) is 56.6 Å². The summed E-state index contributed by atoms with van der Waals surface area (Å²) in [5.41, 5.74) is 5.60. The molecule has 1 aromatic rings. The first-order chi connectivity index (χ1) is 19.6. The van der Waals surface area contributed by atoms with E-state index in [1.54, 1.807) is 6.92 Å². The van der Waals surface area contributed by atoms with Crippen LogP contribution in [0.3, 0.4) is 0 Å². The lowest BCUT2D eigenvalue weighted by atomic mass is 9.84. The number of hydrogen-bond donors (Lipinski definition) is 3. The Morgan fingerprint density at radius 3 is 2.46 bits per heavy atom. The first-order valence-corrected chi connectivity index (χ1v) is 15.2. The maximum Gasteiger partial charge on any atom is 0.407 e. The second-order valence-electron chi connectivity index (χ2n) is 9.96. The van der Waals surface area contributed by atoms with Gasteiger partial charge < -0.3 is 35.1 Å². The number of Topliss-reactive ketones (excluding diaryl/α,β-unsaturated/α-hetero) is 1. The minimum atomic E-state index is -4.71. The first-order valence-electron chi connectivity index (χ1n) is 13.8. The number of ether oxygens (including phenoxy) is 3. The Kier molecular flexibility index (Phi) is 12.5. The van der Waals surface area contributed by atoms with Gasteiger partial charge in [0.25, 0.3) is 0 Å². The zero-order valence-electron chi connectivity index (χ0n) is 23.4. The molecule has 0 spiro atoms. The molecule has 0 aliphatic heterocycles. The van der Waals surface area contributed by atoms with Crippen molar-refractivity contribution in [3.63, 3.8) is 0 Å². The van der Waals surface area contributed by atoms with E-state index in [9.17, 15) is 27.4 Å². The van der Waals surface area contributed by atoms with Crippen molar-refractivity contribution in [1.29, 1.82) is 0 Å². The van der Waals surface area contributed by atoms with E-state index in [2.05, 4.69) is 22.4 Å². The number of fused-ring (bicyclic) bond motifs is 1. The molecule has 2 aliphatic carbocycles. The SMILES string of the molecule is CC1=C(CC(=O)NCCOCCOCCNC(=O)O[C@@H]2/C=C/CCCCC2)C(=O)Cc2cc(S(=O)(=O)[O-])c([NH3+])cc21. The Hall–Kier alpha value is -3.10. The van der Waals surface area contributed by atoms with Crippen molar-refractivity contribution in [3.8, 4) is 0 Å². The molecule has 0 saturated heterocycles. The molecule has 0 saturated carbocycles. The second-order valence-corrected chi connectivity index (χ2v) is 11.3. The van der Waals surface area contributed by atoms with Gasteiger partial charge in [-0.1, -0.05) is 12.5 Å². The van der Waals surface area contributed by atoms with Crippen molar-refractivity contribution in [1.82, 2.24) is 10.6 Å². The molecule has 0 fully saturated rings.